The van der Waals surface area contributed by atoms with Crippen LogP contribution in [0, 0.1) is 0 Å². The molecule has 0 spiro atoms. The first-order valence-electron chi connectivity index (χ1n) is 21.9. The minimum atomic E-state index is 0.876. The second kappa shape index (κ2) is 15.8. The van der Waals surface area contributed by atoms with Crippen molar-refractivity contribution in [3.8, 4) is 55.8 Å². The van der Waals surface area contributed by atoms with E-state index in [0.29, 0.717) is 0 Å². The summed E-state index contributed by atoms with van der Waals surface area (Å²) in [6.07, 6.45) is 0. The molecule has 0 radical (unpaired) electrons. The molecule has 0 aliphatic rings. The highest BCUT2D eigenvalue weighted by atomic mass is 16.3. The highest BCUT2D eigenvalue weighted by Crippen LogP contribution is 2.42. The van der Waals surface area contributed by atoms with Gasteiger partial charge in [0.05, 0.1) is 0 Å². The van der Waals surface area contributed by atoms with Crippen LogP contribution in [0.4, 0.5) is 17.1 Å². The van der Waals surface area contributed by atoms with Crippen LogP contribution in [0.1, 0.15) is 0 Å². The Balaban J connectivity index is 0.932. The second-order valence-electron chi connectivity index (χ2n) is 16.5. The van der Waals surface area contributed by atoms with E-state index in [9.17, 15) is 0 Å². The number of nitrogens with zero attached hydrogens (tertiary/aromatic N) is 1. The lowest BCUT2D eigenvalue weighted by molar-refractivity contribution is 0.631. The van der Waals surface area contributed by atoms with E-state index in [2.05, 4.69) is 235 Å². The van der Waals surface area contributed by atoms with E-state index in [-0.39, 0.29) is 0 Å². The van der Waals surface area contributed by atoms with E-state index in [1.54, 1.807) is 0 Å². The van der Waals surface area contributed by atoms with Gasteiger partial charge >= 0.3 is 0 Å². The number of anilines is 3. The lowest BCUT2D eigenvalue weighted by atomic mass is 9.93. The Kier molecular flexibility index (Phi) is 9.20. The quantitative estimate of drug-likeness (QED) is 0.142. The Bertz CT molecular complexity index is 3620. The van der Waals surface area contributed by atoms with Crippen LogP contribution < -0.4 is 4.90 Å². The first-order chi connectivity index (χ1) is 31.7. The average Bonchev–Trinajstić information content (AvgIpc) is 3.82. The summed E-state index contributed by atoms with van der Waals surface area (Å²) in [6, 6.07) is 89.7. The second-order valence-corrected chi connectivity index (χ2v) is 16.5. The molecule has 0 fully saturated rings. The Labute approximate surface area is 372 Å². The molecule has 0 atom stereocenters. The fraction of sp³-hybridized carbons (Fsp3) is 0. The van der Waals surface area contributed by atoms with Gasteiger partial charge in [0.25, 0.3) is 0 Å². The van der Waals surface area contributed by atoms with Crippen molar-refractivity contribution >= 4 is 60.3 Å². The largest absolute Gasteiger partial charge is 0.456 e. The number of fused-ring (bicyclic) bond motifs is 5. The van der Waals surface area contributed by atoms with E-state index < -0.39 is 0 Å². The fourth-order valence-electron chi connectivity index (χ4n) is 9.45. The third kappa shape index (κ3) is 6.79. The van der Waals surface area contributed by atoms with Gasteiger partial charge in [-0.05, 0) is 144 Å². The third-order valence-corrected chi connectivity index (χ3v) is 12.6. The molecule has 0 saturated heterocycles. The van der Waals surface area contributed by atoms with E-state index in [4.69, 9.17) is 4.42 Å². The summed E-state index contributed by atoms with van der Waals surface area (Å²) in [5, 5.41) is 8.51. The highest BCUT2D eigenvalue weighted by Gasteiger charge is 2.17. The maximum absolute atomic E-state index is 6.23. The van der Waals surface area contributed by atoms with Crippen molar-refractivity contribution < 1.29 is 4.42 Å². The van der Waals surface area contributed by atoms with Crippen molar-refractivity contribution in [3.05, 3.63) is 249 Å². The van der Waals surface area contributed by atoms with E-state index in [1.165, 1.54) is 71.3 Å². The predicted molar refractivity (Wildman–Crippen MR) is 271 cm³/mol. The normalized spacial score (nSPS) is 11.4. The highest BCUT2D eigenvalue weighted by molar-refractivity contribution is 6.13. The van der Waals surface area contributed by atoms with Gasteiger partial charge in [0.15, 0.2) is 0 Å². The average molecular weight is 816 g/mol. The molecule has 2 nitrogen and oxygen atoms in total. The zero-order valence-corrected chi connectivity index (χ0v) is 35.0. The molecule has 1 aromatic heterocycles. The van der Waals surface area contributed by atoms with Gasteiger partial charge in [-0.1, -0.05) is 182 Å². The molecule has 0 aliphatic heterocycles. The molecular formula is C62H41NO. The van der Waals surface area contributed by atoms with Gasteiger partial charge in [0, 0.05) is 28.0 Å². The third-order valence-electron chi connectivity index (χ3n) is 12.6. The van der Waals surface area contributed by atoms with Gasteiger partial charge in [-0.15, -0.1) is 0 Å². The topological polar surface area (TPSA) is 16.4 Å². The molecule has 0 aliphatic carbocycles. The smallest absolute Gasteiger partial charge is 0.135 e. The molecule has 12 rings (SSSR count). The molecule has 0 unspecified atom stereocenters. The molecule has 300 valence electrons. The molecule has 0 bridgehead atoms. The van der Waals surface area contributed by atoms with Gasteiger partial charge in [-0.2, -0.15) is 0 Å². The Morgan fingerprint density at radius 3 is 1.52 bits per heavy atom. The summed E-state index contributed by atoms with van der Waals surface area (Å²) in [7, 11) is 0. The minimum absolute atomic E-state index is 0.876. The number of rotatable bonds is 8. The molecule has 11 aromatic carbocycles. The van der Waals surface area contributed by atoms with Crippen LogP contribution in [0.3, 0.4) is 0 Å². The van der Waals surface area contributed by atoms with Crippen LogP contribution in [-0.2, 0) is 0 Å². The lowest BCUT2D eigenvalue weighted by Gasteiger charge is -2.26. The summed E-state index contributed by atoms with van der Waals surface area (Å²) in [5.41, 5.74) is 14.8. The van der Waals surface area contributed by atoms with Crippen molar-refractivity contribution in [1.82, 2.24) is 0 Å². The Morgan fingerprint density at radius 1 is 0.250 bits per heavy atom. The van der Waals surface area contributed by atoms with Crippen molar-refractivity contribution in [2.24, 2.45) is 0 Å². The number of para-hydroxylation sites is 1. The maximum atomic E-state index is 6.23. The fourth-order valence-corrected chi connectivity index (χ4v) is 9.45. The van der Waals surface area contributed by atoms with Crippen molar-refractivity contribution in [1.29, 1.82) is 0 Å². The monoisotopic (exact) mass is 815 g/mol. The van der Waals surface area contributed by atoms with E-state index in [0.717, 1.165) is 44.9 Å². The minimum Gasteiger partial charge on any atom is -0.456 e. The SMILES string of the molecule is c1ccc(-c2ccccc2-c2ccc(N(c3ccc(-c4cc5ccccc5c5ccccc45)cc3)c3ccc4cc(-c5cccc(-c6cc7ccccc7o6)c5)ccc4c3)cc2)cc1. The Morgan fingerprint density at radius 2 is 0.766 bits per heavy atom. The van der Waals surface area contributed by atoms with Gasteiger partial charge in [0.2, 0.25) is 0 Å². The maximum Gasteiger partial charge on any atom is 0.135 e. The summed E-state index contributed by atoms with van der Waals surface area (Å²) < 4.78 is 6.23. The molecule has 2 heteroatoms. The van der Waals surface area contributed by atoms with Gasteiger partial charge < -0.3 is 9.32 Å². The van der Waals surface area contributed by atoms with Crippen LogP contribution in [0.2, 0.25) is 0 Å². The van der Waals surface area contributed by atoms with Crippen LogP contribution in [0.25, 0.3) is 99.1 Å². The first-order valence-corrected chi connectivity index (χ1v) is 21.9. The van der Waals surface area contributed by atoms with Crippen LogP contribution in [0.5, 0.6) is 0 Å². The lowest BCUT2D eigenvalue weighted by Crippen LogP contribution is -2.09. The summed E-state index contributed by atoms with van der Waals surface area (Å²) >= 11 is 0. The van der Waals surface area contributed by atoms with Crippen LogP contribution >= 0.6 is 0 Å². The number of benzene rings is 11. The summed E-state index contributed by atoms with van der Waals surface area (Å²) in [6.45, 7) is 0. The zero-order valence-electron chi connectivity index (χ0n) is 35.0. The molecule has 0 amide bonds. The molecule has 1 heterocycles. The van der Waals surface area contributed by atoms with E-state index in [1.807, 2.05) is 18.2 Å². The molecule has 12 aromatic rings. The standard InChI is InChI=1S/C62H41NO/c1-2-13-42(14-3-1)55-19-7-8-20-56(55)43-27-32-52(33-28-43)63(53-34-29-44(30-35-53)60-40-49-15-4-6-21-57(49)58-22-9-10-23-59(58)60)54-36-31-47-37-46(25-26-48(47)39-54)45-17-12-18-50(38-45)62-41-51-16-5-11-24-61(51)64-62/h1-41H. The molecular weight excluding hydrogens is 775 g/mol. The molecule has 0 N–H and O–H groups in total. The van der Waals surface area contributed by atoms with Crippen molar-refractivity contribution in [3.63, 3.8) is 0 Å². The van der Waals surface area contributed by atoms with Crippen LogP contribution in [-0.4, -0.2) is 0 Å². The molecule has 64 heavy (non-hydrogen) atoms. The zero-order chi connectivity index (χ0) is 42.4. The van der Waals surface area contributed by atoms with Crippen LogP contribution in [0.15, 0.2) is 253 Å². The Hall–Kier alpha value is -8.46. The van der Waals surface area contributed by atoms with Crippen molar-refractivity contribution in [2.75, 3.05) is 4.90 Å². The summed E-state index contributed by atoms with van der Waals surface area (Å²) in [5.74, 6) is 0.876. The van der Waals surface area contributed by atoms with Gasteiger partial charge in [0.1, 0.15) is 11.3 Å². The van der Waals surface area contributed by atoms with Gasteiger partial charge in [-0.3, -0.25) is 0 Å². The number of furan rings is 1. The summed E-state index contributed by atoms with van der Waals surface area (Å²) in [4.78, 5) is 2.37. The number of hydrogen-bond acceptors (Lipinski definition) is 2. The van der Waals surface area contributed by atoms with Crippen molar-refractivity contribution in [2.45, 2.75) is 0 Å². The predicted octanol–water partition coefficient (Wildman–Crippen LogP) is 17.7. The first kappa shape index (κ1) is 37.3. The van der Waals surface area contributed by atoms with Gasteiger partial charge in [-0.25, -0.2) is 0 Å². The van der Waals surface area contributed by atoms with E-state index >= 15 is 0 Å². The number of hydrogen-bond donors (Lipinski definition) is 0. The molecule has 0 saturated carbocycles.